The lowest BCUT2D eigenvalue weighted by Crippen LogP contribution is -2.36. The highest BCUT2D eigenvalue weighted by atomic mass is 19.1. The third-order valence-corrected chi connectivity index (χ3v) is 5.81. The Morgan fingerprint density at radius 2 is 1.47 bits per heavy atom. The lowest BCUT2D eigenvalue weighted by atomic mass is 10.1. The van der Waals surface area contributed by atoms with Gasteiger partial charge in [-0.25, -0.2) is 14.1 Å². The number of amidine groups is 1. The summed E-state index contributed by atoms with van der Waals surface area (Å²) in [5, 5.41) is 0. The molecule has 6 nitrogen and oxygen atoms in total. The van der Waals surface area contributed by atoms with E-state index in [1.54, 1.807) is 36.9 Å². The SMILES string of the molecule is Cc1c(N2C(=O)C(=Cc3ccc(F)cc3)N=C2c2ccccc2)c(=O)n(-c2ccccc2)n1C. The number of rotatable bonds is 4. The lowest BCUT2D eigenvalue weighted by Gasteiger charge is -2.17. The Bertz CT molecular complexity index is 1500. The molecule has 1 aliphatic heterocycles. The molecule has 0 radical (unpaired) electrons. The monoisotopic (exact) mass is 452 g/mol. The molecule has 0 saturated heterocycles. The summed E-state index contributed by atoms with van der Waals surface area (Å²) in [5.74, 6) is -0.421. The Morgan fingerprint density at radius 3 is 2.12 bits per heavy atom. The number of benzene rings is 3. The van der Waals surface area contributed by atoms with Gasteiger partial charge in [0.2, 0.25) is 0 Å². The summed E-state index contributed by atoms with van der Waals surface area (Å²) in [6.45, 7) is 1.80. The van der Waals surface area contributed by atoms with Crippen LogP contribution in [0.1, 0.15) is 16.8 Å². The molecule has 5 rings (SSSR count). The van der Waals surface area contributed by atoms with Crippen LogP contribution in [0.25, 0.3) is 11.8 Å². The molecule has 0 aliphatic carbocycles. The molecule has 34 heavy (non-hydrogen) atoms. The van der Waals surface area contributed by atoms with Gasteiger partial charge in [0.25, 0.3) is 11.5 Å². The minimum Gasteiger partial charge on any atom is -0.283 e. The van der Waals surface area contributed by atoms with Crippen molar-refractivity contribution in [2.24, 2.45) is 12.0 Å². The normalized spacial score (nSPS) is 14.7. The largest absolute Gasteiger partial charge is 0.296 e. The lowest BCUT2D eigenvalue weighted by molar-refractivity contribution is -0.113. The maximum Gasteiger partial charge on any atom is 0.296 e. The number of para-hydroxylation sites is 1. The van der Waals surface area contributed by atoms with E-state index in [1.807, 2.05) is 60.7 Å². The predicted octanol–water partition coefficient (Wildman–Crippen LogP) is 4.46. The van der Waals surface area contributed by atoms with Crippen LogP contribution in [-0.4, -0.2) is 21.1 Å². The van der Waals surface area contributed by atoms with Crippen molar-refractivity contribution in [3.8, 4) is 5.69 Å². The first-order valence-corrected chi connectivity index (χ1v) is 10.8. The Balaban J connectivity index is 1.69. The summed E-state index contributed by atoms with van der Waals surface area (Å²) < 4.78 is 16.6. The molecule has 0 bridgehead atoms. The first-order valence-electron chi connectivity index (χ1n) is 10.8. The van der Waals surface area contributed by atoms with Crippen LogP contribution >= 0.6 is 0 Å². The van der Waals surface area contributed by atoms with Crippen molar-refractivity contribution in [2.75, 3.05) is 4.90 Å². The van der Waals surface area contributed by atoms with Crippen LogP contribution < -0.4 is 10.5 Å². The van der Waals surface area contributed by atoms with Crippen LogP contribution in [-0.2, 0) is 11.8 Å². The van der Waals surface area contributed by atoms with Gasteiger partial charge in [-0.15, -0.1) is 0 Å². The average Bonchev–Trinajstić information content (AvgIpc) is 3.28. The van der Waals surface area contributed by atoms with Gasteiger partial charge in [0.1, 0.15) is 23.0 Å². The molecule has 1 amide bonds. The zero-order valence-corrected chi connectivity index (χ0v) is 18.6. The number of aromatic nitrogens is 2. The third kappa shape index (κ3) is 3.57. The zero-order valence-electron chi connectivity index (χ0n) is 18.6. The van der Waals surface area contributed by atoms with Crippen molar-refractivity contribution in [3.05, 3.63) is 124 Å². The summed E-state index contributed by atoms with van der Waals surface area (Å²) >= 11 is 0. The molecule has 4 aromatic rings. The second-order valence-corrected chi connectivity index (χ2v) is 7.93. The van der Waals surface area contributed by atoms with E-state index in [-0.39, 0.29) is 22.8 Å². The van der Waals surface area contributed by atoms with E-state index >= 15 is 0 Å². The highest BCUT2D eigenvalue weighted by Crippen LogP contribution is 2.29. The number of amides is 1. The maximum absolute atomic E-state index is 13.7. The molecule has 0 spiro atoms. The maximum atomic E-state index is 13.7. The molecule has 1 aromatic heterocycles. The van der Waals surface area contributed by atoms with Crippen molar-refractivity contribution in [3.63, 3.8) is 0 Å². The topological polar surface area (TPSA) is 59.6 Å². The molecule has 168 valence electrons. The molecule has 0 N–H and O–H groups in total. The van der Waals surface area contributed by atoms with Gasteiger partial charge in [-0.05, 0) is 42.8 Å². The smallest absolute Gasteiger partial charge is 0.283 e. The second-order valence-electron chi connectivity index (χ2n) is 7.93. The number of carbonyl (C=O) groups excluding carboxylic acids is 1. The fraction of sp³-hybridized carbons (Fsp3) is 0.0741. The summed E-state index contributed by atoms with van der Waals surface area (Å²) in [6, 6.07) is 24.3. The Morgan fingerprint density at radius 1 is 0.853 bits per heavy atom. The van der Waals surface area contributed by atoms with Crippen LogP contribution in [0.4, 0.5) is 10.1 Å². The van der Waals surface area contributed by atoms with Crippen LogP contribution in [0.15, 0.2) is 100 Å². The minimum atomic E-state index is -0.422. The molecule has 3 aromatic carbocycles. The number of hydrogen-bond acceptors (Lipinski definition) is 3. The van der Waals surface area contributed by atoms with Crippen LogP contribution in [0.5, 0.6) is 0 Å². The summed E-state index contributed by atoms with van der Waals surface area (Å²) in [4.78, 5) is 33.3. The van der Waals surface area contributed by atoms with Crippen LogP contribution in [0, 0.1) is 12.7 Å². The van der Waals surface area contributed by atoms with E-state index in [0.717, 1.165) is 0 Å². The first kappa shape index (κ1) is 21.3. The van der Waals surface area contributed by atoms with Gasteiger partial charge in [0.05, 0.1) is 11.4 Å². The first-order chi connectivity index (χ1) is 16.5. The van der Waals surface area contributed by atoms with Crippen molar-refractivity contribution in [1.29, 1.82) is 0 Å². The van der Waals surface area contributed by atoms with Gasteiger partial charge in [-0.1, -0.05) is 60.7 Å². The van der Waals surface area contributed by atoms with Gasteiger partial charge in [0, 0.05) is 12.6 Å². The number of carbonyl (C=O) groups is 1. The van der Waals surface area contributed by atoms with Gasteiger partial charge >= 0.3 is 0 Å². The molecule has 0 fully saturated rings. The van der Waals surface area contributed by atoms with Crippen LogP contribution in [0.2, 0.25) is 0 Å². The van der Waals surface area contributed by atoms with E-state index in [2.05, 4.69) is 4.99 Å². The number of hydrogen-bond donors (Lipinski definition) is 0. The molecule has 1 aliphatic rings. The third-order valence-electron chi connectivity index (χ3n) is 5.81. The van der Waals surface area contributed by atoms with Gasteiger partial charge in [-0.2, -0.15) is 0 Å². The zero-order chi connectivity index (χ0) is 23.8. The van der Waals surface area contributed by atoms with E-state index in [4.69, 9.17) is 0 Å². The molecular weight excluding hydrogens is 431 g/mol. The van der Waals surface area contributed by atoms with E-state index in [1.165, 1.54) is 21.7 Å². The molecule has 0 atom stereocenters. The van der Waals surface area contributed by atoms with Crippen molar-refractivity contribution >= 4 is 23.5 Å². The highest BCUT2D eigenvalue weighted by molar-refractivity contribution is 6.33. The van der Waals surface area contributed by atoms with Gasteiger partial charge < -0.3 is 0 Å². The fourth-order valence-electron chi connectivity index (χ4n) is 4.03. The van der Waals surface area contributed by atoms with Crippen molar-refractivity contribution in [2.45, 2.75) is 6.92 Å². The van der Waals surface area contributed by atoms with E-state index in [9.17, 15) is 14.0 Å². The van der Waals surface area contributed by atoms with Gasteiger partial charge in [-0.3, -0.25) is 19.2 Å². The summed E-state index contributed by atoms with van der Waals surface area (Å²) in [5.41, 5.74) is 2.72. The van der Waals surface area contributed by atoms with Crippen LogP contribution in [0.3, 0.4) is 0 Å². The van der Waals surface area contributed by atoms with Crippen molar-refractivity contribution in [1.82, 2.24) is 9.36 Å². The molecular formula is C27H21FN4O2. The second kappa shape index (κ2) is 8.44. The van der Waals surface area contributed by atoms with Gasteiger partial charge in [0.15, 0.2) is 0 Å². The molecule has 2 heterocycles. The predicted molar refractivity (Wildman–Crippen MR) is 131 cm³/mol. The van der Waals surface area contributed by atoms with E-state index in [0.29, 0.717) is 28.3 Å². The minimum absolute atomic E-state index is 0.166. The molecule has 7 heteroatoms. The van der Waals surface area contributed by atoms with E-state index < -0.39 is 5.91 Å². The Hall–Kier alpha value is -4.52. The number of nitrogens with zero attached hydrogens (tertiary/aromatic N) is 4. The molecule has 0 saturated carbocycles. The number of aliphatic imine (C=N–C) groups is 1. The quantitative estimate of drug-likeness (QED) is 0.430. The Kier molecular flexibility index (Phi) is 5.30. The fourth-order valence-corrected chi connectivity index (χ4v) is 4.03. The number of halogens is 1. The average molecular weight is 452 g/mol. The van der Waals surface area contributed by atoms with Crippen molar-refractivity contribution < 1.29 is 9.18 Å². The number of anilines is 1. The summed E-state index contributed by atoms with van der Waals surface area (Å²) in [6.07, 6.45) is 1.60. The molecule has 0 unspecified atom stereocenters. The Labute approximate surface area is 195 Å². The highest BCUT2D eigenvalue weighted by Gasteiger charge is 2.37. The summed E-state index contributed by atoms with van der Waals surface area (Å²) in [7, 11) is 1.78. The standard InChI is InChI=1S/C27H21FN4O2/c1-18-24(27(34)32(30(18)2)22-11-7-4-8-12-22)31-25(20-9-5-3-6-10-20)29-23(26(31)33)17-19-13-15-21(28)16-14-19/h3-17H,1-2H3.